The molecule has 0 fully saturated rings. The average molecular weight is 461 g/mol. The summed E-state index contributed by atoms with van der Waals surface area (Å²) in [5, 5.41) is 33.0. The molecule has 10 N–H and O–H groups in total. The maximum Gasteiger partial charge on any atom is 0.326 e. The highest BCUT2D eigenvalue weighted by Crippen LogP contribution is 2.06. The van der Waals surface area contributed by atoms with E-state index in [-0.39, 0.29) is 0 Å². The molecule has 0 saturated heterocycles. The van der Waals surface area contributed by atoms with Gasteiger partial charge in [-0.3, -0.25) is 28.8 Å². The van der Waals surface area contributed by atoms with E-state index in [1.165, 1.54) is 13.8 Å². The quantitative estimate of drug-likeness (QED) is 0.125. The SMILES string of the molecule is CC(C)C(NC(=O)C(N)CC(N)=O)C(=O)NC(CC(=O)O)C(=O)NC(CC(=O)O)C(=O)O. The number of carbonyl (C=O) groups is 7. The van der Waals surface area contributed by atoms with Crippen molar-refractivity contribution in [2.45, 2.75) is 57.3 Å². The standard InChI is InChI=1S/C17H27N5O10/c1-6(2)13(22-14(28)7(18)3-10(19)23)16(30)20-8(4-11(24)25)15(29)21-9(17(31)32)5-12(26)27/h6-9,13H,3-5,18H2,1-2H3,(H2,19,23)(H,20,30)(H,21,29)(H,22,28)(H,24,25)(H,26,27)(H,31,32). The van der Waals surface area contributed by atoms with E-state index in [0.717, 1.165) is 0 Å². The Morgan fingerprint density at radius 1 is 0.719 bits per heavy atom. The van der Waals surface area contributed by atoms with Gasteiger partial charge in [0.15, 0.2) is 0 Å². The van der Waals surface area contributed by atoms with Crippen LogP contribution in [0.2, 0.25) is 0 Å². The Balaban J connectivity index is 5.49. The fourth-order valence-corrected chi connectivity index (χ4v) is 2.40. The Morgan fingerprint density at radius 3 is 1.59 bits per heavy atom. The van der Waals surface area contributed by atoms with Crippen LogP contribution < -0.4 is 27.4 Å². The Hall–Kier alpha value is -3.75. The maximum atomic E-state index is 12.6. The van der Waals surface area contributed by atoms with Crippen LogP contribution in [0.3, 0.4) is 0 Å². The zero-order valence-electron chi connectivity index (χ0n) is 17.4. The molecule has 180 valence electrons. The van der Waals surface area contributed by atoms with Gasteiger partial charge in [-0.1, -0.05) is 13.8 Å². The van der Waals surface area contributed by atoms with E-state index < -0.39 is 90.9 Å². The number of hydrogen-bond acceptors (Lipinski definition) is 8. The number of primary amides is 1. The predicted octanol–water partition coefficient (Wildman–Crippen LogP) is -3.67. The summed E-state index contributed by atoms with van der Waals surface area (Å²) in [6.45, 7) is 3.04. The molecule has 0 aliphatic heterocycles. The Kier molecular flexibility index (Phi) is 11.3. The zero-order chi connectivity index (χ0) is 25.2. The van der Waals surface area contributed by atoms with Gasteiger partial charge >= 0.3 is 17.9 Å². The maximum absolute atomic E-state index is 12.6. The molecule has 0 aliphatic rings. The number of aliphatic carboxylic acids is 3. The van der Waals surface area contributed by atoms with Crippen molar-refractivity contribution in [3.63, 3.8) is 0 Å². The van der Waals surface area contributed by atoms with Gasteiger partial charge in [0.05, 0.1) is 25.3 Å². The summed E-state index contributed by atoms with van der Waals surface area (Å²) in [6.07, 6.45) is -2.45. The predicted molar refractivity (Wildman–Crippen MR) is 105 cm³/mol. The first-order valence-electron chi connectivity index (χ1n) is 9.27. The van der Waals surface area contributed by atoms with E-state index in [0.29, 0.717) is 0 Å². The van der Waals surface area contributed by atoms with Gasteiger partial charge < -0.3 is 42.7 Å². The third-order valence-corrected chi connectivity index (χ3v) is 4.01. The van der Waals surface area contributed by atoms with Crippen LogP contribution in [0.5, 0.6) is 0 Å². The summed E-state index contributed by atoms with van der Waals surface area (Å²) >= 11 is 0. The second-order valence-corrected chi connectivity index (χ2v) is 7.16. The van der Waals surface area contributed by atoms with Crippen molar-refractivity contribution in [2.75, 3.05) is 0 Å². The summed E-state index contributed by atoms with van der Waals surface area (Å²) in [6, 6.07) is -6.32. The minimum atomic E-state index is -1.87. The van der Waals surface area contributed by atoms with Gasteiger partial charge in [-0.25, -0.2) is 4.79 Å². The van der Waals surface area contributed by atoms with Gasteiger partial charge in [-0.15, -0.1) is 0 Å². The summed E-state index contributed by atoms with van der Waals surface area (Å²) in [5.41, 5.74) is 10.5. The average Bonchev–Trinajstić information content (AvgIpc) is 2.62. The first-order chi connectivity index (χ1) is 14.6. The molecule has 4 amide bonds. The molecule has 0 radical (unpaired) electrons. The highest BCUT2D eigenvalue weighted by atomic mass is 16.4. The van der Waals surface area contributed by atoms with Crippen LogP contribution in [0.15, 0.2) is 0 Å². The van der Waals surface area contributed by atoms with Crippen LogP contribution in [0.25, 0.3) is 0 Å². The van der Waals surface area contributed by atoms with E-state index in [1.54, 1.807) is 0 Å². The van der Waals surface area contributed by atoms with Crippen molar-refractivity contribution in [1.29, 1.82) is 0 Å². The monoisotopic (exact) mass is 461 g/mol. The first-order valence-corrected chi connectivity index (χ1v) is 9.27. The van der Waals surface area contributed by atoms with Crippen LogP contribution >= 0.6 is 0 Å². The largest absolute Gasteiger partial charge is 0.481 e. The fourth-order valence-electron chi connectivity index (χ4n) is 2.40. The lowest BCUT2D eigenvalue weighted by atomic mass is 10.0. The molecule has 0 heterocycles. The topological polar surface area (TPSA) is 268 Å². The van der Waals surface area contributed by atoms with E-state index >= 15 is 0 Å². The molecule has 0 aromatic rings. The van der Waals surface area contributed by atoms with E-state index in [9.17, 15) is 33.6 Å². The van der Waals surface area contributed by atoms with E-state index in [2.05, 4.69) is 10.6 Å². The molecule has 0 aromatic heterocycles. The van der Waals surface area contributed by atoms with Gasteiger partial charge in [-0.05, 0) is 5.92 Å². The molecule has 4 atom stereocenters. The van der Waals surface area contributed by atoms with E-state index in [1.807, 2.05) is 5.32 Å². The van der Waals surface area contributed by atoms with Crippen LogP contribution in [0, 0.1) is 5.92 Å². The number of carbonyl (C=O) groups excluding carboxylic acids is 4. The lowest BCUT2D eigenvalue weighted by Crippen LogP contribution is -2.59. The number of nitrogens with two attached hydrogens (primary N) is 2. The molecule has 0 spiro atoms. The summed E-state index contributed by atoms with van der Waals surface area (Å²) in [4.78, 5) is 80.9. The lowest BCUT2D eigenvalue weighted by molar-refractivity contribution is -0.148. The van der Waals surface area contributed by atoms with Gasteiger partial charge in [0.25, 0.3) is 0 Å². The van der Waals surface area contributed by atoms with Crippen LogP contribution in [0.1, 0.15) is 33.1 Å². The lowest BCUT2D eigenvalue weighted by Gasteiger charge is -2.26. The van der Waals surface area contributed by atoms with Gasteiger partial charge in [0.2, 0.25) is 23.6 Å². The second kappa shape index (κ2) is 12.8. The van der Waals surface area contributed by atoms with Crippen molar-refractivity contribution in [3.05, 3.63) is 0 Å². The molecule has 15 nitrogen and oxygen atoms in total. The highest BCUT2D eigenvalue weighted by Gasteiger charge is 2.33. The van der Waals surface area contributed by atoms with Crippen LogP contribution in [0.4, 0.5) is 0 Å². The number of carboxylic acid groups (broad SMARTS) is 3. The van der Waals surface area contributed by atoms with Crippen LogP contribution in [-0.4, -0.2) is 81.0 Å². The normalized spacial score (nSPS) is 14.4. The smallest absolute Gasteiger partial charge is 0.326 e. The van der Waals surface area contributed by atoms with Crippen LogP contribution in [-0.2, 0) is 33.6 Å². The van der Waals surface area contributed by atoms with Gasteiger partial charge in [-0.2, -0.15) is 0 Å². The molecule has 15 heteroatoms. The van der Waals surface area contributed by atoms with Crippen molar-refractivity contribution < 1.29 is 48.9 Å². The molecule has 0 rings (SSSR count). The number of rotatable bonds is 14. The van der Waals surface area contributed by atoms with Crippen molar-refractivity contribution >= 4 is 41.5 Å². The van der Waals surface area contributed by atoms with Gasteiger partial charge in [0, 0.05) is 0 Å². The number of amides is 4. The molecule has 4 unspecified atom stereocenters. The molecule has 32 heavy (non-hydrogen) atoms. The van der Waals surface area contributed by atoms with Gasteiger partial charge in [0.1, 0.15) is 18.1 Å². The number of carboxylic acids is 3. The minimum Gasteiger partial charge on any atom is -0.481 e. The molecule has 0 bridgehead atoms. The Morgan fingerprint density at radius 2 is 1.19 bits per heavy atom. The third-order valence-electron chi connectivity index (χ3n) is 4.01. The molecular formula is C17H27N5O10. The van der Waals surface area contributed by atoms with Crippen molar-refractivity contribution in [1.82, 2.24) is 16.0 Å². The first kappa shape index (κ1) is 28.2. The fraction of sp³-hybridized carbons (Fsp3) is 0.588. The summed E-state index contributed by atoms with van der Waals surface area (Å²) in [7, 11) is 0. The number of nitrogens with one attached hydrogen (secondary N) is 3. The van der Waals surface area contributed by atoms with E-state index in [4.69, 9.17) is 26.8 Å². The zero-order valence-corrected chi connectivity index (χ0v) is 17.4. The molecule has 0 aromatic carbocycles. The molecule has 0 saturated carbocycles. The summed E-state index contributed by atoms with van der Waals surface area (Å²) in [5.74, 6) is -9.32. The van der Waals surface area contributed by atoms with Crippen molar-refractivity contribution in [3.8, 4) is 0 Å². The third kappa shape index (κ3) is 10.3. The Bertz CT molecular complexity index is 769. The van der Waals surface area contributed by atoms with Crippen molar-refractivity contribution in [2.24, 2.45) is 17.4 Å². The Labute approximate surface area is 181 Å². The number of hydrogen-bond donors (Lipinski definition) is 8. The summed E-state index contributed by atoms with van der Waals surface area (Å²) < 4.78 is 0. The second-order valence-electron chi connectivity index (χ2n) is 7.16. The minimum absolute atomic E-state index is 0.498. The molecular weight excluding hydrogens is 434 g/mol. The molecule has 0 aliphatic carbocycles. The highest BCUT2D eigenvalue weighted by molar-refractivity contribution is 5.96.